The Kier molecular flexibility index (Phi) is 22.5. The van der Waals surface area contributed by atoms with Gasteiger partial charge in [0, 0.05) is 0 Å². The number of hydrogen-bond donors (Lipinski definition) is 0. The molecule has 0 unspecified atom stereocenters. The van der Waals surface area contributed by atoms with Crippen molar-refractivity contribution in [2.45, 2.75) is 0 Å². The van der Waals surface area contributed by atoms with Gasteiger partial charge in [-0.1, -0.05) is 0 Å². The van der Waals surface area contributed by atoms with Gasteiger partial charge in [0.05, 0.1) is 0 Å². The predicted octanol–water partition coefficient (Wildman–Crippen LogP) is -6.53. The standard InChI is InChI=1S/12Mo.H3O4P.36O.Zr/c;;;;;;;;;;;;1-5(2,3)4;;;;;;;;;;;;;;;;;;;;;;;;;;;;;;;;;;;;;/h;;;;;;;;;;;;(H3,1,2,3,4);;;;;;;;;;;;;;;;;;;;;;;;;;;;;;;;;;;;;/q;;;;;;;;;3*+1;;;;;;;;;;;;;;;;;;;;;;;;;;;;;;;;;;;3*-1;+4/p-3. The summed E-state index contributed by atoms with van der Waals surface area (Å²) in [4.78, 5) is 0. The molecule has 0 bridgehead atoms. The molecule has 0 spiro atoms. The Morgan fingerprint density at radius 2 is 0.389 bits per heavy atom. The third-order valence-electron chi connectivity index (χ3n) is 2.05. The number of hydrogen-bond acceptors (Lipinski definition) is 40. The Hall–Kier alpha value is 3.97. The quantitative estimate of drug-likeness (QED) is 0.0640. The molecule has 0 rings (SSSR count). The summed E-state index contributed by atoms with van der Waals surface area (Å²) in [6, 6.07) is 0. The second-order valence-electron chi connectivity index (χ2n) is 6.18. The van der Waals surface area contributed by atoms with Crippen molar-refractivity contribution < 1.29 is 352 Å². The molecule has 0 aromatic carbocycles. The minimum absolute atomic E-state index is 0. The van der Waals surface area contributed by atoms with Crippen molar-refractivity contribution in [3.05, 3.63) is 0 Å². The largest absolute Gasteiger partial charge is 4.00 e. The Labute approximate surface area is 353 Å². The monoisotopic (exact) mass is 1940 g/mol. The van der Waals surface area contributed by atoms with Crippen molar-refractivity contribution >= 4 is 7.82 Å². The van der Waals surface area contributed by atoms with Crippen molar-refractivity contribution in [3.8, 4) is 0 Å². The second kappa shape index (κ2) is 20.2. The SMILES string of the molecule is O=P([O][Mo](=[O])(=[O])[O][Mo](=[O])(=[O])[O][Mo](=[O])(=[O])[O][Mo](=[O])(=[O])[O-])([O][Mo](=[O])(=[O])[O][Mo](=[O])(=[O])[O][Mo](=[O])(=[O])[O][Mo](=[O])(=[O])[O-])[O][Mo](=[O])(=[O])[O][Mo](=[O])(=[O])[O][Mo](=[O])(=[O])[O][Mo](=[O])(=[O])[O-].[Zr+4]. The number of rotatable bonds is 24. The molecule has 0 saturated heterocycles. The van der Waals surface area contributed by atoms with Crippen LogP contribution in [0.15, 0.2) is 0 Å². The van der Waals surface area contributed by atoms with Crippen LogP contribution in [0.5, 0.6) is 0 Å². The zero-order valence-electron chi connectivity index (χ0n) is 22.2. The third-order valence-corrected chi connectivity index (χ3v) is 62.2. The van der Waals surface area contributed by atoms with Crippen LogP contribution in [0.25, 0.3) is 0 Å². The van der Waals surface area contributed by atoms with Crippen LogP contribution in [-0.4, -0.2) is 0 Å². The minimum atomic E-state index is -8.82. The Bertz CT molecular complexity index is 2510. The molecule has 0 fully saturated rings. The molecule has 40 nitrogen and oxygen atoms in total. The smallest absolute Gasteiger partial charge is 4.00 e. The molecular formula is Mo12O40PZr+. The maximum absolute atomic E-state index is 12.7. The van der Waals surface area contributed by atoms with Crippen LogP contribution in [0, 0.1) is 0 Å². The molecule has 0 atom stereocenters. The topological polar surface area (TPSA) is 607 Å². The summed E-state index contributed by atoms with van der Waals surface area (Å²) in [7, 11) is -7.94. The molecule has 0 heterocycles. The van der Waals surface area contributed by atoms with Crippen LogP contribution in [-0.2, 0) is 341 Å². The van der Waals surface area contributed by atoms with Crippen LogP contribution >= 0.6 is 7.82 Å². The van der Waals surface area contributed by atoms with E-state index >= 15 is 0 Å². The van der Waals surface area contributed by atoms with Crippen LogP contribution in [0.2, 0.25) is 0 Å². The van der Waals surface area contributed by atoms with E-state index in [-0.39, 0.29) is 26.2 Å². The van der Waals surface area contributed by atoms with Crippen molar-refractivity contribution in [1.29, 1.82) is 0 Å². The van der Waals surface area contributed by atoms with Gasteiger partial charge in [-0.15, -0.1) is 0 Å². The summed E-state index contributed by atoms with van der Waals surface area (Å²) in [5, 5.41) is 0. The summed E-state index contributed by atoms with van der Waals surface area (Å²) in [5.41, 5.74) is 0. The van der Waals surface area contributed by atoms with Gasteiger partial charge in [-0.3, -0.25) is 0 Å². The van der Waals surface area contributed by atoms with Crippen molar-refractivity contribution in [1.82, 2.24) is 0 Å². The fourth-order valence-corrected chi connectivity index (χ4v) is 60.0. The van der Waals surface area contributed by atoms with E-state index in [9.17, 15) is 97.4 Å². The average Bonchev–Trinajstić information content (AvgIpc) is 2.58. The molecule has 0 N–H and O–H groups in total. The first kappa shape index (κ1) is 60.1. The molecule has 0 aliphatic carbocycles. The minimum Gasteiger partial charge on any atom is 4.00 e. The maximum atomic E-state index is 12.7. The third kappa shape index (κ3) is 29.3. The zero-order chi connectivity index (χ0) is 43.0. The summed E-state index contributed by atoms with van der Waals surface area (Å²) in [6.07, 6.45) is 0. The van der Waals surface area contributed by atoms with Gasteiger partial charge in [-0.25, -0.2) is 0 Å². The molecule has 0 aliphatic rings. The van der Waals surface area contributed by atoms with Crippen LogP contribution in [0.1, 0.15) is 0 Å². The van der Waals surface area contributed by atoms with Crippen molar-refractivity contribution in [2.75, 3.05) is 0 Å². The van der Waals surface area contributed by atoms with Crippen molar-refractivity contribution in [2.24, 2.45) is 0 Å². The summed E-state index contributed by atoms with van der Waals surface area (Å²) >= 11 is -98.5. The molecule has 0 aromatic rings. The van der Waals surface area contributed by atoms with Crippen LogP contribution in [0.3, 0.4) is 0 Å². The molecule has 54 heavy (non-hydrogen) atoms. The Morgan fingerprint density at radius 3 is 0.537 bits per heavy atom. The zero-order valence-corrected chi connectivity index (χ0v) is 49.6. The van der Waals surface area contributed by atoms with E-state index < -0.39 is 209 Å². The normalized spacial score (nSPS) is 15.3. The summed E-state index contributed by atoms with van der Waals surface area (Å²) in [5.74, 6) is 0. The van der Waals surface area contributed by atoms with Gasteiger partial charge in [0.25, 0.3) is 0 Å². The Morgan fingerprint density at radius 1 is 0.259 bits per heavy atom. The summed E-state index contributed by atoms with van der Waals surface area (Å²) in [6.45, 7) is 0. The molecule has 0 aliphatic heterocycles. The molecular weight excluding hydrogens is 1910 g/mol. The van der Waals surface area contributed by atoms with E-state index in [1.54, 1.807) is 0 Å². The number of phosphoric acid groups is 1. The van der Waals surface area contributed by atoms with Gasteiger partial charge in [0.15, 0.2) is 0 Å². The van der Waals surface area contributed by atoms with E-state index in [1.165, 1.54) is 0 Å². The van der Waals surface area contributed by atoms with Gasteiger partial charge in [-0.05, 0) is 0 Å². The van der Waals surface area contributed by atoms with Crippen LogP contribution in [0.4, 0.5) is 0 Å². The first-order valence-corrected chi connectivity index (χ1v) is 49.5. The molecule has 0 aromatic heterocycles. The second-order valence-corrected chi connectivity index (χ2v) is 55.7. The molecule has 0 saturated carbocycles. The molecule has 320 valence electrons. The van der Waals surface area contributed by atoms with Crippen LogP contribution < -0.4 is 11.3 Å². The van der Waals surface area contributed by atoms with E-state index in [4.69, 9.17) is 0 Å². The first-order valence-electron chi connectivity index (χ1n) is 8.73. The average molecular weight is 1910 g/mol. The molecule has 0 amide bonds. The van der Waals surface area contributed by atoms with E-state index in [1.807, 2.05) is 0 Å². The van der Waals surface area contributed by atoms with Gasteiger partial charge < -0.3 is 0 Å². The van der Waals surface area contributed by atoms with Gasteiger partial charge in [-0.2, -0.15) is 0 Å². The van der Waals surface area contributed by atoms with E-state index in [0.717, 1.165) is 0 Å². The van der Waals surface area contributed by atoms with Gasteiger partial charge in [0.2, 0.25) is 0 Å². The van der Waals surface area contributed by atoms with E-state index in [0.29, 0.717) is 0 Å². The molecule has 54 heteroatoms. The van der Waals surface area contributed by atoms with Crippen molar-refractivity contribution in [3.63, 3.8) is 0 Å². The Balaban J connectivity index is 0. The summed E-state index contributed by atoms with van der Waals surface area (Å²) < 4.78 is 351. The fraction of sp³-hybridized carbons (Fsp3) is 0. The van der Waals surface area contributed by atoms with Gasteiger partial charge >= 0.3 is 360 Å². The predicted molar refractivity (Wildman–Crippen MR) is 37.1 cm³/mol. The first-order chi connectivity index (χ1) is 22.5. The fourth-order valence-electron chi connectivity index (χ4n) is 1.40. The van der Waals surface area contributed by atoms with E-state index in [2.05, 4.69) is 27.9 Å². The molecule has 0 radical (unpaired) electrons. The van der Waals surface area contributed by atoms with Gasteiger partial charge in [0.1, 0.15) is 0 Å². The maximum Gasteiger partial charge on any atom is 4.00 e.